The van der Waals surface area contributed by atoms with Crippen molar-refractivity contribution < 1.29 is 4.79 Å². The molecule has 0 bridgehead atoms. The lowest BCUT2D eigenvalue weighted by molar-refractivity contribution is -0.120. The van der Waals surface area contributed by atoms with Crippen molar-refractivity contribution in [3.63, 3.8) is 0 Å². The van der Waals surface area contributed by atoms with Crippen LogP contribution in [-0.4, -0.2) is 21.7 Å². The van der Waals surface area contributed by atoms with Crippen LogP contribution in [-0.2, 0) is 11.3 Å². The summed E-state index contributed by atoms with van der Waals surface area (Å²) in [5.74, 6) is -0.360. The second-order valence-electron chi connectivity index (χ2n) is 4.35. The Morgan fingerprint density at radius 2 is 2.29 bits per heavy atom. The molecule has 0 aliphatic heterocycles. The summed E-state index contributed by atoms with van der Waals surface area (Å²) in [7, 11) is 0. The SMILES string of the molecule is CCCn1cc(C(NC(C)CC)C(N)=O)cn1. The van der Waals surface area contributed by atoms with Gasteiger partial charge < -0.3 is 5.73 Å². The van der Waals surface area contributed by atoms with Crippen molar-refractivity contribution in [3.8, 4) is 0 Å². The zero-order valence-corrected chi connectivity index (χ0v) is 10.8. The molecule has 1 amide bonds. The number of rotatable bonds is 7. The lowest BCUT2D eigenvalue weighted by Crippen LogP contribution is -2.38. The van der Waals surface area contributed by atoms with Crippen molar-refractivity contribution in [3.05, 3.63) is 18.0 Å². The zero-order chi connectivity index (χ0) is 12.8. The highest BCUT2D eigenvalue weighted by atomic mass is 16.1. The predicted molar refractivity (Wildman–Crippen MR) is 67.3 cm³/mol. The summed E-state index contributed by atoms with van der Waals surface area (Å²) >= 11 is 0. The Balaban J connectivity index is 2.78. The van der Waals surface area contributed by atoms with Gasteiger partial charge in [-0.2, -0.15) is 5.10 Å². The summed E-state index contributed by atoms with van der Waals surface area (Å²) in [6, 6.07) is -0.197. The van der Waals surface area contributed by atoms with E-state index in [0.717, 1.165) is 24.9 Å². The minimum absolute atomic E-state index is 0.252. The highest BCUT2D eigenvalue weighted by Crippen LogP contribution is 2.13. The van der Waals surface area contributed by atoms with E-state index in [4.69, 9.17) is 5.73 Å². The molecule has 0 spiro atoms. The van der Waals surface area contributed by atoms with Gasteiger partial charge in [0.25, 0.3) is 0 Å². The van der Waals surface area contributed by atoms with Crippen molar-refractivity contribution in [1.29, 1.82) is 0 Å². The van der Waals surface area contributed by atoms with Gasteiger partial charge in [-0.25, -0.2) is 0 Å². The first-order chi connectivity index (χ1) is 8.08. The number of hydrogen-bond acceptors (Lipinski definition) is 3. The maximum Gasteiger partial charge on any atom is 0.239 e. The monoisotopic (exact) mass is 238 g/mol. The van der Waals surface area contributed by atoms with Crippen LogP contribution in [0.4, 0.5) is 0 Å². The number of primary amides is 1. The fraction of sp³-hybridized carbons (Fsp3) is 0.667. The molecule has 0 radical (unpaired) electrons. The van der Waals surface area contributed by atoms with Gasteiger partial charge in [0.1, 0.15) is 6.04 Å². The van der Waals surface area contributed by atoms with Gasteiger partial charge in [-0.1, -0.05) is 13.8 Å². The van der Waals surface area contributed by atoms with E-state index >= 15 is 0 Å². The average Bonchev–Trinajstić information content (AvgIpc) is 2.74. The van der Waals surface area contributed by atoms with E-state index in [1.807, 2.05) is 17.8 Å². The molecule has 1 aromatic heterocycles. The van der Waals surface area contributed by atoms with E-state index in [9.17, 15) is 4.79 Å². The second kappa shape index (κ2) is 6.39. The largest absolute Gasteiger partial charge is 0.368 e. The summed E-state index contributed by atoms with van der Waals surface area (Å²) in [5.41, 5.74) is 6.26. The van der Waals surface area contributed by atoms with Crippen molar-refractivity contribution in [2.75, 3.05) is 0 Å². The number of amides is 1. The van der Waals surface area contributed by atoms with E-state index < -0.39 is 6.04 Å². The summed E-state index contributed by atoms with van der Waals surface area (Å²) in [5, 5.41) is 7.42. The third-order valence-electron chi connectivity index (χ3n) is 2.79. The molecular formula is C12H22N4O. The average molecular weight is 238 g/mol. The molecule has 2 atom stereocenters. The minimum Gasteiger partial charge on any atom is -0.368 e. The smallest absolute Gasteiger partial charge is 0.239 e. The van der Waals surface area contributed by atoms with E-state index in [0.29, 0.717) is 0 Å². The van der Waals surface area contributed by atoms with Crippen molar-refractivity contribution in [1.82, 2.24) is 15.1 Å². The van der Waals surface area contributed by atoms with E-state index in [1.165, 1.54) is 0 Å². The van der Waals surface area contributed by atoms with Crippen LogP contribution in [0.3, 0.4) is 0 Å². The molecule has 1 rings (SSSR count). The first kappa shape index (κ1) is 13.7. The summed E-state index contributed by atoms with van der Waals surface area (Å²) in [4.78, 5) is 11.4. The van der Waals surface area contributed by atoms with Gasteiger partial charge >= 0.3 is 0 Å². The Bertz CT molecular complexity index is 361. The van der Waals surface area contributed by atoms with Crippen LogP contribution < -0.4 is 11.1 Å². The maximum absolute atomic E-state index is 11.4. The van der Waals surface area contributed by atoms with Gasteiger partial charge in [0, 0.05) is 24.3 Å². The lowest BCUT2D eigenvalue weighted by atomic mass is 10.1. The lowest BCUT2D eigenvalue weighted by Gasteiger charge is -2.18. The van der Waals surface area contributed by atoms with Crippen molar-refractivity contribution in [2.24, 2.45) is 5.73 Å². The predicted octanol–water partition coefficient (Wildman–Crippen LogP) is 1.21. The number of carbonyl (C=O) groups excluding carboxylic acids is 1. The fourth-order valence-corrected chi connectivity index (χ4v) is 1.63. The Labute approximate surface area is 102 Å². The third kappa shape index (κ3) is 3.85. The van der Waals surface area contributed by atoms with Crippen LogP contribution in [0.2, 0.25) is 0 Å². The molecule has 96 valence electrons. The molecule has 0 aromatic carbocycles. The van der Waals surface area contributed by atoms with Crippen molar-refractivity contribution in [2.45, 2.75) is 52.2 Å². The van der Waals surface area contributed by atoms with Crippen LogP contribution in [0.25, 0.3) is 0 Å². The molecule has 0 aliphatic rings. The Morgan fingerprint density at radius 3 is 2.82 bits per heavy atom. The standard InChI is InChI=1S/C12H22N4O/c1-4-6-16-8-10(7-14-16)11(12(13)17)15-9(3)5-2/h7-9,11,15H,4-6H2,1-3H3,(H2,13,17). The first-order valence-electron chi connectivity index (χ1n) is 6.16. The van der Waals surface area contributed by atoms with Gasteiger partial charge in [-0.05, 0) is 19.8 Å². The van der Waals surface area contributed by atoms with E-state index in [1.54, 1.807) is 6.20 Å². The Morgan fingerprint density at radius 1 is 1.59 bits per heavy atom. The second-order valence-corrected chi connectivity index (χ2v) is 4.35. The Kier molecular flexibility index (Phi) is 5.15. The quantitative estimate of drug-likeness (QED) is 0.750. The normalized spacial score (nSPS) is 14.5. The molecule has 2 unspecified atom stereocenters. The topological polar surface area (TPSA) is 72.9 Å². The van der Waals surface area contributed by atoms with Crippen LogP contribution >= 0.6 is 0 Å². The molecule has 5 heteroatoms. The maximum atomic E-state index is 11.4. The number of nitrogens with zero attached hydrogens (tertiary/aromatic N) is 2. The van der Waals surface area contributed by atoms with Crippen molar-refractivity contribution >= 4 is 5.91 Å². The molecule has 0 aliphatic carbocycles. The molecule has 3 N–H and O–H groups in total. The fourth-order valence-electron chi connectivity index (χ4n) is 1.63. The van der Waals surface area contributed by atoms with Crippen LogP contribution in [0.5, 0.6) is 0 Å². The number of nitrogens with one attached hydrogen (secondary N) is 1. The van der Waals surface area contributed by atoms with E-state index in [2.05, 4.69) is 24.3 Å². The third-order valence-corrected chi connectivity index (χ3v) is 2.79. The zero-order valence-electron chi connectivity index (χ0n) is 10.8. The highest BCUT2D eigenvalue weighted by molar-refractivity contribution is 5.81. The molecular weight excluding hydrogens is 216 g/mol. The van der Waals surface area contributed by atoms with E-state index in [-0.39, 0.29) is 11.9 Å². The van der Waals surface area contributed by atoms with Gasteiger partial charge in [0.2, 0.25) is 5.91 Å². The number of aryl methyl sites for hydroxylation is 1. The van der Waals surface area contributed by atoms with Crippen LogP contribution in [0, 0.1) is 0 Å². The molecule has 0 fully saturated rings. The highest BCUT2D eigenvalue weighted by Gasteiger charge is 2.20. The molecule has 17 heavy (non-hydrogen) atoms. The number of aromatic nitrogens is 2. The summed E-state index contributed by atoms with van der Waals surface area (Å²) in [6.07, 6.45) is 5.56. The number of hydrogen-bond donors (Lipinski definition) is 2. The molecule has 0 saturated heterocycles. The number of carbonyl (C=O) groups is 1. The molecule has 0 saturated carbocycles. The van der Waals surface area contributed by atoms with Gasteiger partial charge in [0.05, 0.1) is 6.20 Å². The Hall–Kier alpha value is -1.36. The van der Waals surface area contributed by atoms with Gasteiger partial charge in [0.15, 0.2) is 0 Å². The van der Waals surface area contributed by atoms with Crippen LogP contribution in [0.15, 0.2) is 12.4 Å². The summed E-state index contributed by atoms with van der Waals surface area (Å²) in [6.45, 7) is 7.04. The number of nitrogens with two attached hydrogens (primary N) is 1. The van der Waals surface area contributed by atoms with Gasteiger partial charge in [-0.15, -0.1) is 0 Å². The van der Waals surface area contributed by atoms with Gasteiger partial charge in [-0.3, -0.25) is 14.8 Å². The first-order valence-corrected chi connectivity index (χ1v) is 6.16. The van der Waals surface area contributed by atoms with Crippen LogP contribution in [0.1, 0.15) is 45.2 Å². The summed E-state index contributed by atoms with van der Waals surface area (Å²) < 4.78 is 1.84. The molecule has 1 heterocycles. The minimum atomic E-state index is -0.449. The molecule has 5 nitrogen and oxygen atoms in total. The molecule has 1 aromatic rings.